The zero-order chi connectivity index (χ0) is 14.9. The summed E-state index contributed by atoms with van der Waals surface area (Å²) >= 11 is 3.85. The molecule has 4 heteroatoms. The Balaban J connectivity index is 1.80. The quantitative estimate of drug-likeness (QED) is 0.772. The summed E-state index contributed by atoms with van der Waals surface area (Å²) in [7, 11) is 0. The molecule has 0 saturated carbocycles. The molecule has 1 aliphatic heterocycles. The van der Waals surface area contributed by atoms with Gasteiger partial charge in [0.2, 0.25) is 0 Å². The summed E-state index contributed by atoms with van der Waals surface area (Å²) < 4.78 is 1.40. The highest BCUT2D eigenvalue weighted by Crippen LogP contribution is 2.39. The summed E-state index contributed by atoms with van der Waals surface area (Å²) in [5.74, 6) is 0. The average Bonchev–Trinajstić information content (AvgIpc) is 3.15. The maximum Gasteiger partial charge on any atom is 0.0793 e. The van der Waals surface area contributed by atoms with E-state index >= 15 is 0 Å². The van der Waals surface area contributed by atoms with Crippen molar-refractivity contribution in [3.8, 4) is 0 Å². The first-order valence-corrected chi connectivity index (χ1v) is 9.50. The first kappa shape index (κ1) is 14.4. The van der Waals surface area contributed by atoms with Gasteiger partial charge in [-0.15, -0.1) is 22.7 Å². The van der Waals surface area contributed by atoms with E-state index in [0.29, 0.717) is 6.04 Å². The topological polar surface area (TPSA) is 15.3 Å². The lowest BCUT2D eigenvalue weighted by Crippen LogP contribution is -2.45. The van der Waals surface area contributed by atoms with Crippen molar-refractivity contribution in [2.75, 3.05) is 26.2 Å². The van der Waals surface area contributed by atoms with E-state index in [4.69, 9.17) is 0 Å². The Labute approximate surface area is 139 Å². The van der Waals surface area contributed by atoms with Crippen molar-refractivity contribution >= 4 is 32.8 Å². The van der Waals surface area contributed by atoms with E-state index < -0.39 is 0 Å². The Bertz CT molecular complexity index is 735. The van der Waals surface area contributed by atoms with Crippen LogP contribution in [0.3, 0.4) is 0 Å². The minimum absolute atomic E-state index is 0.416. The number of hydrogen-bond donors (Lipinski definition) is 1. The van der Waals surface area contributed by atoms with Crippen molar-refractivity contribution < 1.29 is 0 Å². The normalized spacial score (nSPS) is 17.9. The third-order valence-corrected chi connectivity index (χ3v) is 6.62. The van der Waals surface area contributed by atoms with Gasteiger partial charge in [0.1, 0.15) is 0 Å². The number of rotatable bonds is 3. The summed E-state index contributed by atoms with van der Waals surface area (Å²) in [5, 5.41) is 7.07. The zero-order valence-electron chi connectivity index (χ0n) is 12.7. The number of benzene rings is 1. The average molecular weight is 329 g/mol. The molecule has 22 heavy (non-hydrogen) atoms. The van der Waals surface area contributed by atoms with Crippen LogP contribution in [0.5, 0.6) is 0 Å². The fourth-order valence-corrected chi connectivity index (χ4v) is 5.58. The van der Waals surface area contributed by atoms with Gasteiger partial charge < -0.3 is 5.32 Å². The molecule has 4 rings (SSSR count). The van der Waals surface area contributed by atoms with E-state index in [2.05, 4.69) is 58.9 Å². The van der Waals surface area contributed by atoms with Crippen molar-refractivity contribution in [3.63, 3.8) is 0 Å². The molecule has 1 fully saturated rings. The van der Waals surface area contributed by atoms with Crippen LogP contribution < -0.4 is 5.32 Å². The fraction of sp³-hybridized carbons (Fsp3) is 0.333. The minimum Gasteiger partial charge on any atom is -0.314 e. The summed E-state index contributed by atoms with van der Waals surface area (Å²) in [6, 6.07) is 13.8. The number of nitrogens with one attached hydrogen (secondary N) is 1. The Kier molecular flexibility index (Phi) is 4.01. The first-order valence-electron chi connectivity index (χ1n) is 7.80. The van der Waals surface area contributed by atoms with Crippen LogP contribution in [0.25, 0.3) is 10.1 Å². The van der Waals surface area contributed by atoms with E-state index in [1.165, 1.54) is 25.4 Å². The Morgan fingerprint density at radius 3 is 2.68 bits per heavy atom. The lowest BCUT2D eigenvalue weighted by Gasteiger charge is -2.34. The molecule has 0 aliphatic carbocycles. The maximum absolute atomic E-state index is 3.47. The molecule has 1 atom stereocenters. The standard InChI is InChI=1S/C18H20N2S2/c1-13-6-11-21-18(13)17(20-9-7-19-8-10-20)16-12-14-4-2-3-5-15(14)22-16/h2-6,11-12,17,19H,7-10H2,1H3. The van der Waals surface area contributed by atoms with Crippen molar-refractivity contribution in [2.45, 2.75) is 13.0 Å². The van der Waals surface area contributed by atoms with E-state index in [-0.39, 0.29) is 0 Å². The van der Waals surface area contributed by atoms with Gasteiger partial charge >= 0.3 is 0 Å². The predicted molar refractivity (Wildman–Crippen MR) is 97.2 cm³/mol. The molecule has 1 unspecified atom stereocenters. The van der Waals surface area contributed by atoms with Crippen molar-refractivity contribution in [2.24, 2.45) is 0 Å². The molecule has 1 aliphatic rings. The maximum atomic E-state index is 3.47. The van der Waals surface area contributed by atoms with E-state index in [0.717, 1.165) is 26.2 Å². The van der Waals surface area contributed by atoms with Crippen molar-refractivity contribution in [1.82, 2.24) is 10.2 Å². The number of fused-ring (bicyclic) bond motifs is 1. The monoisotopic (exact) mass is 328 g/mol. The second kappa shape index (κ2) is 6.13. The van der Waals surface area contributed by atoms with Crippen LogP contribution in [0.4, 0.5) is 0 Å². The molecule has 1 saturated heterocycles. The van der Waals surface area contributed by atoms with Crippen LogP contribution >= 0.6 is 22.7 Å². The van der Waals surface area contributed by atoms with Gasteiger partial charge in [0.05, 0.1) is 6.04 Å². The number of aryl methyl sites for hydroxylation is 1. The van der Waals surface area contributed by atoms with Crippen LogP contribution in [-0.2, 0) is 0 Å². The highest BCUT2D eigenvalue weighted by Gasteiger charge is 2.27. The number of nitrogens with zero attached hydrogens (tertiary/aromatic N) is 1. The highest BCUT2D eigenvalue weighted by atomic mass is 32.1. The Morgan fingerprint density at radius 1 is 1.14 bits per heavy atom. The summed E-state index contributed by atoms with van der Waals surface area (Å²) in [5.41, 5.74) is 1.42. The Hall–Kier alpha value is -1.20. The highest BCUT2D eigenvalue weighted by molar-refractivity contribution is 7.19. The predicted octanol–water partition coefficient (Wildman–Crippen LogP) is 4.27. The summed E-state index contributed by atoms with van der Waals surface area (Å²) in [4.78, 5) is 5.63. The van der Waals surface area contributed by atoms with Crippen LogP contribution in [0, 0.1) is 6.92 Å². The molecule has 1 N–H and O–H groups in total. The van der Waals surface area contributed by atoms with Crippen LogP contribution in [-0.4, -0.2) is 31.1 Å². The number of piperazine rings is 1. The number of hydrogen-bond acceptors (Lipinski definition) is 4. The molecule has 0 amide bonds. The third kappa shape index (κ3) is 2.61. The molecule has 3 aromatic rings. The second-order valence-electron chi connectivity index (χ2n) is 5.84. The van der Waals surface area contributed by atoms with E-state index in [9.17, 15) is 0 Å². The van der Waals surface area contributed by atoms with Crippen LogP contribution in [0.2, 0.25) is 0 Å². The van der Waals surface area contributed by atoms with Gasteiger partial charge in [-0.2, -0.15) is 0 Å². The van der Waals surface area contributed by atoms with E-state index in [1.54, 1.807) is 0 Å². The van der Waals surface area contributed by atoms with E-state index in [1.807, 2.05) is 22.7 Å². The molecule has 114 valence electrons. The van der Waals surface area contributed by atoms with Gasteiger partial charge in [-0.25, -0.2) is 0 Å². The molecule has 0 spiro atoms. The fourth-order valence-electron chi connectivity index (χ4n) is 3.22. The van der Waals surface area contributed by atoms with Gasteiger partial charge in [0, 0.05) is 40.6 Å². The molecular weight excluding hydrogens is 308 g/mol. The molecule has 0 radical (unpaired) electrons. The van der Waals surface area contributed by atoms with Crippen LogP contribution in [0.1, 0.15) is 21.4 Å². The SMILES string of the molecule is Cc1ccsc1C(c1cc2ccccc2s1)N1CCNCC1. The number of thiophene rings is 2. The molecular formula is C18H20N2S2. The van der Waals surface area contributed by atoms with Crippen molar-refractivity contribution in [3.05, 3.63) is 57.1 Å². The zero-order valence-corrected chi connectivity index (χ0v) is 14.3. The van der Waals surface area contributed by atoms with Gasteiger partial charge in [-0.05, 0) is 41.5 Å². The molecule has 2 aromatic heterocycles. The Morgan fingerprint density at radius 2 is 1.95 bits per heavy atom. The first-order chi connectivity index (χ1) is 10.8. The van der Waals surface area contributed by atoms with Crippen molar-refractivity contribution in [1.29, 1.82) is 0 Å². The molecule has 3 heterocycles. The van der Waals surface area contributed by atoms with Gasteiger partial charge in [0.15, 0.2) is 0 Å². The van der Waals surface area contributed by atoms with Crippen LogP contribution in [0.15, 0.2) is 41.8 Å². The molecule has 0 bridgehead atoms. The second-order valence-corrected chi connectivity index (χ2v) is 7.91. The molecule has 1 aromatic carbocycles. The minimum atomic E-state index is 0.416. The summed E-state index contributed by atoms with van der Waals surface area (Å²) in [6.45, 7) is 6.67. The summed E-state index contributed by atoms with van der Waals surface area (Å²) in [6.07, 6.45) is 0. The van der Waals surface area contributed by atoms with Gasteiger partial charge in [-0.1, -0.05) is 18.2 Å². The third-order valence-electron chi connectivity index (χ3n) is 4.38. The van der Waals surface area contributed by atoms with Gasteiger partial charge in [0.25, 0.3) is 0 Å². The largest absolute Gasteiger partial charge is 0.314 e. The lowest BCUT2D eigenvalue weighted by atomic mass is 10.1. The van der Waals surface area contributed by atoms with Gasteiger partial charge in [-0.3, -0.25) is 4.90 Å². The lowest BCUT2D eigenvalue weighted by molar-refractivity contribution is 0.202. The molecule has 2 nitrogen and oxygen atoms in total. The smallest absolute Gasteiger partial charge is 0.0793 e.